The summed E-state index contributed by atoms with van der Waals surface area (Å²) in [6.07, 6.45) is 4.43. The molecule has 0 atom stereocenters. The fourth-order valence-corrected chi connectivity index (χ4v) is 1.79. The van der Waals surface area contributed by atoms with Crippen molar-refractivity contribution >= 4 is 11.6 Å². The Morgan fingerprint density at radius 1 is 1.35 bits per heavy atom. The first-order chi connectivity index (χ1) is 8.24. The maximum Gasteiger partial charge on any atom is 0.225 e. The van der Waals surface area contributed by atoms with Gasteiger partial charge in [0.1, 0.15) is 18.1 Å². The van der Waals surface area contributed by atoms with Crippen molar-refractivity contribution in [3.63, 3.8) is 0 Å². The van der Waals surface area contributed by atoms with Crippen LogP contribution in [0.4, 0.5) is 0 Å². The molecule has 0 amide bonds. The summed E-state index contributed by atoms with van der Waals surface area (Å²) in [5.74, 6) is 2.39. The number of hydrogen-bond acceptors (Lipinski definition) is 4. The summed E-state index contributed by atoms with van der Waals surface area (Å²) >= 11 is 5.99. The average molecular weight is 255 g/mol. The highest BCUT2D eigenvalue weighted by Gasteiger charge is 2.12. The molecule has 0 aliphatic heterocycles. The lowest BCUT2D eigenvalue weighted by atomic mass is 10.3. The number of aryl methyl sites for hydroxylation is 2. The highest BCUT2D eigenvalue weighted by molar-refractivity contribution is 6.28. The molecule has 17 heavy (non-hydrogen) atoms. The van der Waals surface area contributed by atoms with Crippen molar-refractivity contribution < 1.29 is 4.42 Å². The van der Waals surface area contributed by atoms with Crippen LogP contribution in [0.2, 0.25) is 5.28 Å². The van der Waals surface area contributed by atoms with E-state index < -0.39 is 0 Å². The molecule has 0 fully saturated rings. The molecule has 2 heterocycles. The summed E-state index contributed by atoms with van der Waals surface area (Å²) in [5, 5.41) is 8.29. The number of oxazole rings is 1. The fourth-order valence-electron chi connectivity index (χ4n) is 1.60. The van der Waals surface area contributed by atoms with E-state index in [0.717, 1.165) is 30.8 Å². The second kappa shape index (κ2) is 5.31. The van der Waals surface area contributed by atoms with Gasteiger partial charge in [-0.25, -0.2) is 4.98 Å². The molecule has 0 spiro atoms. The van der Waals surface area contributed by atoms with E-state index >= 15 is 0 Å². The zero-order valence-corrected chi connectivity index (χ0v) is 10.7. The van der Waals surface area contributed by atoms with Crippen LogP contribution in [0.25, 0.3) is 0 Å². The monoisotopic (exact) mass is 254 g/mol. The Bertz CT molecular complexity index is 491. The largest absolute Gasteiger partial charge is 0.444 e. The molecule has 2 aromatic rings. The molecule has 92 valence electrons. The van der Waals surface area contributed by atoms with Gasteiger partial charge < -0.3 is 4.42 Å². The van der Waals surface area contributed by atoms with Crippen LogP contribution in [0.5, 0.6) is 0 Å². The van der Waals surface area contributed by atoms with Crippen LogP contribution in [0, 0.1) is 0 Å². The molecule has 0 aliphatic rings. The Balaban J connectivity index is 2.19. The lowest BCUT2D eigenvalue weighted by Crippen LogP contribution is -2.05. The zero-order valence-electron chi connectivity index (χ0n) is 9.98. The van der Waals surface area contributed by atoms with Crippen molar-refractivity contribution in [3.8, 4) is 0 Å². The highest BCUT2D eigenvalue weighted by atomic mass is 35.5. The Labute approximate surface area is 105 Å². The molecular weight excluding hydrogens is 240 g/mol. The van der Waals surface area contributed by atoms with Gasteiger partial charge in [0.05, 0.1) is 6.20 Å². The van der Waals surface area contributed by atoms with Crippen molar-refractivity contribution in [2.75, 3.05) is 0 Å². The summed E-state index contributed by atoms with van der Waals surface area (Å²) < 4.78 is 7.38. The predicted molar refractivity (Wildman–Crippen MR) is 64.0 cm³/mol. The second-order valence-electron chi connectivity index (χ2n) is 3.80. The minimum atomic E-state index is 0.379. The summed E-state index contributed by atoms with van der Waals surface area (Å²) in [6.45, 7) is 4.60. The Morgan fingerprint density at radius 3 is 2.82 bits per heavy atom. The van der Waals surface area contributed by atoms with Crippen LogP contribution in [-0.2, 0) is 19.4 Å². The van der Waals surface area contributed by atoms with E-state index in [1.54, 1.807) is 6.20 Å². The maximum atomic E-state index is 5.99. The summed E-state index contributed by atoms with van der Waals surface area (Å²) in [4.78, 5) is 4.20. The maximum absolute atomic E-state index is 5.99. The molecule has 0 saturated heterocycles. The lowest BCUT2D eigenvalue weighted by molar-refractivity contribution is 0.442. The third kappa shape index (κ3) is 2.66. The van der Waals surface area contributed by atoms with Crippen molar-refractivity contribution in [2.45, 2.75) is 39.7 Å². The minimum absolute atomic E-state index is 0.379. The van der Waals surface area contributed by atoms with Crippen molar-refractivity contribution in [3.05, 3.63) is 29.0 Å². The Hall–Kier alpha value is -1.36. The number of rotatable bonds is 5. The highest BCUT2D eigenvalue weighted by Crippen LogP contribution is 2.13. The Kier molecular flexibility index (Phi) is 3.78. The molecule has 0 aromatic carbocycles. The van der Waals surface area contributed by atoms with Gasteiger partial charge in [0.25, 0.3) is 0 Å². The van der Waals surface area contributed by atoms with Crippen molar-refractivity contribution in [2.24, 2.45) is 0 Å². The van der Waals surface area contributed by atoms with Gasteiger partial charge in [0, 0.05) is 12.8 Å². The summed E-state index contributed by atoms with van der Waals surface area (Å²) in [6, 6.07) is 0. The first kappa shape index (κ1) is 12.1. The molecular formula is C11H15ClN4O. The minimum Gasteiger partial charge on any atom is -0.444 e. The van der Waals surface area contributed by atoms with Gasteiger partial charge in [-0.15, -0.1) is 10.2 Å². The van der Waals surface area contributed by atoms with Gasteiger partial charge in [-0.3, -0.25) is 4.57 Å². The van der Waals surface area contributed by atoms with Crippen molar-refractivity contribution in [1.82, 2.24) is 19.7 Å². The number of halogens is 1. The van der Waals surface area contributed by atoms with Gasteiger partial charge in [-0.1, -0.05) is 13.8 Å². The molecule has 0 N–H and O–H groups in total. The van der Waals surface area contributed by atoms with Crippen LogP contribution < -0.4 is 0 Å². The molecule has 0 saturated carbocycles. The van der Waals surface area contributed by atoms with Gasteiger partial charge in [0.15, 0.2) is 0 Å². The van der Waals surface area contributed by atoms with E-state index in [4.69, 9.17) is 16.0 Å². The molecule has 2 aromatic heterocycles. The SMILES string of the molecule is CCCc1nnc(Cl)n1Cc1ncc(CC)o1. The third-order valence-corrected chi connectivity index (χ3v) is 2.78. The number of nitrogens with zero attached hydrogens (tertiary/aromatic N) is 4. The zero-order chi connectivity index (χ0) is 12.3. The van der Waals surface area contributed by atoms with E-state index in [9.17, 15) is 0 Å². The second-order valence-corrected chi connectivity index (χ2v) is 4.13. The van der Waals surface area contributed by atoms with Crippen LogP contribution in [0.1, 0.15) is 37.7 Å². The van der Waals surface area contributed by atoms with Gasteiger partial charge in [-0.05, 0) is 18.0 Å². The molecule has 0 unspecified atom stereocenters. The van der Waals surface area contributed by atoms with Crippen LogP contribution in [-0.4, -0.2) is 19.7 Å². The quantitative estimate of drug-likeness (QED) is 0.823. The van der Waals surface area contributed by atoms with E-state index in [2.05, 4.69) is 22.1 Å². The third-order valence-electron chi connectivity index (χ3n) is 2.50. The van der Waals surface area contributed by atoms with Crippen LogP contribution in [0.15, 0.2) is 10.6 Å². The molecule has 0 aliphatic carbocycles. The van der Waals surface area contributed by atoms with Gasteiger partial charge in [0.2, 0.25) is 11.2 Å². The first-order valence-corrected chi connectivity index (χ1v) is 6.13. The predicted octanol–water partition coefficient (Wildman–Crippen LogP) is 2.48. The van der Waals surface area contributed by atoms with E-state index in [0.29, 0.717) is 17.7 Å². The lowest BCUT2D eigenvalue weighted by Gasteiger charge is -2.03. The molecule has 6 heteroatoms. The van der Waals surface area contributed by atoms with E-state index in [1.807, 2.05) is 11.5 Å². The van der Waals surface area contributed by atoms with Gasteiger partial charge >= 0.3 is 0 Å². The molecule has 0 bridgehead atoms. The molecule has 0 radical (unpaired) electrons. The van der Waals surface area contributed by atoms with E-state index in [-0.39, 0.29) is 0 Å². The first-order valence-electron chi connectivity index (χ1n) is 5.75. The average Bonchev–Trinajstić information content (AvgIpc) is 2.91. The standard InChI is InChI=1S/C11H15ClN4O/c1-3-5-9-14-15-11(12)16(9)7-10-13-6-8(4-2)17-10/h6H,3-5,7H2,1-2H3. The topological polar surface area (TPSA) is 56.7 Å². The Morgan fingerprint density at radius 2 is 2.18 bits per heavy atom. The number of hydrogen-bond donors (Lipinski definition) is 0. The molecule has 5 nitrogen and oxygen atoms in total. The normalized spacial score (nSPS) is 11.0. The van der Waals surface area contributed by atoms with Crippen LogP contribution in [0.3, 0.4) is 0 Å². The van der Waals surface area contributed by atoms with Gasteiger partial charge in [-0.2, -0.15) is 0 Å². The van der Waals surface area contributed by atoms with E-state index in [1.165, 1.54) is 0 Å². The van der Waals surface area contributed by atoms with Crippen LogP contribution >= 0.6 is 11.6 Å². The smallest absolute Gasteiger partial charge is 0.225 e. The molecule has 2 rings (SSSR count). The number of aromatic nitrogens is 4. The fraction of sp³-hybridized carbons (Fsp3) is 0.545. The summed E-state index contributed by atoms with van der Waals surface area (Å²) in [7, 11) is 0. The summed E-state index contributed by atoms with van der Waals surface area (Å²) in [5.41, 5.74) is 0. The van der Waals surface area contributed by atoms with Crippen molar-refractivity contribution in [1.29, 1.82) is 0 Å².